The Hall–Kier alpha value is -3.81. The predicted octanol–water partition coefficient (Wildman–Crippen LogP) is 11.2. The van der Waals surface area contributed by atoms with Crippen LogP contribution in [0.25, 0.3) is 0 Å². The van der Waals surface area contributed by atoms with Gasteiger partial charge < -0.3 is 28.9 Å². The number of pyridine rings is 1. The molecular weight excluding hydrogens is 819 g/mol. The number of likely N-dealkylation sites (tertiary alicyclic amines) is 1. The van der Waals surface area contributed by atoms with E-state index in [1.807, 2.05) is 65.6 Å². The summed E-state index contributed by atoms with van der Waals surface area (Å²) in [6, 6.07) is 31.8. The van der Waals surface area contributed by atoms with Gasteiger partial charge in [-0.25, -0.2) is 4.98 Å². The maximum Gasteiger partial charge on any atom is 0.223 e. The molecule has 1 aromatic heterocycles. The van der Waals surface area contributed by atoms with E-state index < -0.39 is 13.9 Å². The highest BCUT2D eigenvalue weighted by molar-refractivity contribution is 8.77. The van der Waals surface area contributed by atoms with Crippen LogP contribution in [0.4, 0.5) is 0 Å². The molecule has 0 saturated carbocycles. The number of hydrogen-bond acceptors (Lipinski definition) is 9. The standard InChI is InChI=1S/C49H67N3O6S2Si/c1-47(2,3)61(8,9)58-42-34-43(52(35-42)46(54)21-14-11-16-32-50-44(53)30-31-48(4,5)60-59-45-20-15-17-33-51-45)49(38-22-26-40(55-6)27-23-38,39-24-28-41(56-7)29-25-39)57-36-37-18-12-10-13-19-37/h10,12-13,15,17-20,22-29,33,42-43H,11,14,16,21,30-32,34-36H2,1-9H3,(H,50,53). The Morgan fingerprint density at radius 3 is 2.00 bits per heavy atom. The number of unbranched alkanes of at least 4 members (excludes halogenated alkanes) is 2. The molecule has 2 atom stereocenters. The molecule has 3 aromatic carbocycles. The van der Waals surface area contributed by atoms with Gasteiger partial charge in [-0.05, 0) is 122 Å². The second-order valence-corrected chi connectivity index (χ2v) is 25.6. The zero-order valence-corrected chi connectivity index (χ0v) is 40.3. The van der Waals surface area contributed by atoms with E-state index in [9.17, 15) is 9.59 Å². The van der Waals surface area contributed by atoms with Gasteiger partial charge in [0, 0.05) is 36.9 Å². The topological polar surface area (TPSA) is 99.2 Å². The summed E-state index contributed by atoms with van der Waals surface area (Å²) in [6.07, 6.45) is 6.18. The van der Waals surface area contributed by atoms with Crippen LogP contribution in [0.1, 0.15) is 96.3 Å². The summed E-state index contributed by atoms with van der Waals surface area (Å²) >= 11 is 0. The lowest BCUT2D eigenvalue weighted by atomic mass is 9.78. The molecule has 5 rings (SSSR count). The molecule has 2 unspecified atom stereocenters. The van der Waals surface area contributed by atoms with Crippen LogP contribution in [0.15, 0.2) is 108 Å². The van der Waals surface area contributed by atoms with Crippen LogP contribution in [0.2, 0.25) is 18.1 Å². The number of methoxy groups -OCH3 is 2. The number of benzene rings is 3. The molecule has 2 amide bonds. The van der Waals surface area contributed by atoms with Crippen molar-refractivity contribution >= 4 is 41.7 Å². The summed E-state index contributed by atoms with van der Waals surface area (Å²) in [4.78, 5) is 34.0. The fourth-order valence-corrected chi connectivity index (χ4v) is 11.0. The number of nitrogens with zero attached hydrogens (tertiary/aromatic N) is 2. The highest BCUT2D eigenvalue weighted by Crippen LogP contribution is 2.48. The van der Waals surface area contributed by atoms with Gasteiger partial charge >= 0.3 is 0 Å². The van der Waals surface area contributed by atoms with Gasteiger partial charge in [-0.1, -0.05) is 98.6 Å². The molecule has 12 heteroatoms. The van der Waals surface area contributed by atoms with Gasteiger partial charge in [0.15, 0.2) is 8.32 Å². The maximum atomic E-state index is 14.7. The molecule has 1 aliphatic heterocycles. The van der Waals surface area contributed by atoms with Gasteiger partial charge in [0.2, 0.25) is 11.8 Å². The molecular formula is C49H67N3O6S2Si. The number of rotatable bonds is 22. The number of carbonyl (C=O) groups excluding carboxylic acids is 2. The molecule has 0 aliphatic carbocycles. The molecule has 1 saturated heterocycles. The highest BCUT2D eigenvalue weighted by atomic mass is 33.1. The van der Waals surface area contributed by atoms with E-state index in [0.717, 1.165) is 52.5 Å². The molecule has 61 heavy (non-hydrogen) atoms. The van der Waals surface area contributed by atoms with E-state index in [2.05, 4.69) is 94.4 Å². The molecule has 330 valence electrons. The number of carbonyl (C=O) groups is 2. The van der Waals surface area contributed by atoms with Crippen LogP contribution in [-0.4, -0.2) is 74.2 Å². The first-order chi connectivity index (χ1) is 29.1. The van der Waals surface area contributed by atoms with Crippen molar-refractivity contribution in [2.45, 2.75) is 132 Å². The number of hydrogen-bond donors (Lipinski definition) is 1. The average molecular weight is 886 g/mol. The van der Waals surface area contributed by atoms with Crippen molar-refractivity contribution in [1.82, 2.24) is 15.2 Å². The minimum atomic E-state index is -2.21. The van der Waals surface area contributed by atoms with Crippen LogP contribution in [0, 0.1) is 0 Å². The fraction of sp³-hybridized carbons (Fsp3) is 0.490. The van der Waals surface area contributed by atoms with Crippen LogP contribution in [0.5, 0.6) is 11.5 Å². The second kappa shape index (κ2) is 22.0. The average Bonchev–Trinajstić information content (AvgIpc) is 3.67. The SMILES string of the molecule is COc1ccc(C(OCc2ccccc2)(c2ccc(OC)cc2)C2CC(O[Si](C)(C)C(C)(C)C)CN2C(=O)CCCCCNC(=O)CCC(C)(C)SSc2ccccn2)cc1. The molecule has 4 aromatic rings. The summed E-state index contributed by atoms with van der Waals surface area (Å²) in [6.45, 7) is 17.0. The van der Waals surface area contributed by atoms with Crippen molar-refractivity contribution < 1.29 is 28.2 Å². The van der Waals surface area contributed by atoms with Gasteiger partial charge in [0.05, 0.1) is 33.0 Å². The number of ether oxygens (including phenoxy) is 3. The molecule has 1 aliphatic rings. The van der Waals surface area contributed by atoms with Gasteiger partial charge in [-0.2, -0.15) is 0 Å². The van der Waals surface area contributed by atoms with Gasteiger partial charge in [0.25, 0.3) is 0 Å². The van der Waals surface area contributed by atoms with E-state index in [1.165, 1.54) is 0 Å². The van der Waals surface area contributed by atoms with Crippen molar-refractivity contribution in [3.05, 3.63) is 120 Å². The third kappa shape index (κ3) is 13.3. The highest BCUT2D eigenvalue weighted by Gasteiger charge is 2.53. The monoisotopic (exact) mass is 885 g/mol. The smallest absolute Gasteiger partial charge is 0.223 e. The van der Waals surface area contributed by atoms with E-state index in [-0.39, 0.29) is 33.7 Å². The normalized spacial score (nSPS) is 16.0. The minimum Gasteiger partial charge on any atom is -0.497 e. The third-order valence-corrected chi connectivity index (χ3v) is 19.8. The molecule has 1 N–H and O–H groups in total. The van der Waals surface area contributed by atoms with E-state index >= 15 is 0 Å². The molecule has 1 fully saturated rings. The largest absolute Gasteiger partial charge is 0.497 e. The zero-order valence-electron chi connectivity index (χ0n) is 37.7. The number of nitrogens with one attached hydrogen (secondary N) is 1. The van der Waals surface area contributed by atoms with E-state index in [4.69, 9.17) is 18.6 Å². The number of aromatic nitrogens is 1. The summed E-state index contributed by atoms with van der Waals surface area (Å²) in [5.74, 6) is 1.62. The van der Waals surface area contributed by atoms with Crippen LogP contribution in [-0.2, 0) is 31.0 Å². The Morgan fingerprint density at radius 2 is 1.43 bits per heavy atom. The van der Waals surface area contributed by atoms with Gasteiger partial charge in [-0.3, -0.25) is 9.59 Å². The first kappa shape index (κ1) is 48.2. The molecule has 2 heterocycles. The Balaban J connectivity index is 1.33. The summed E-state index contributed by atoms with van der Waals surface area (Å²) in [5, 5.41) is 4.07. The first-order valence-electron chi connectivity index (χ1n) is 21.5. The molecule has 9 nitrogen and oxygen atoms in total. The fourth-order valence-electron chi connectivity index (χ4n) is 7.45. The Kier molecular flexibility index (Phi) is 17.4. The van der Waals surface area contributed by atoms with Crippen LogP contribution < -0.4 is 14.8 Å². The van der Waals surface area contributed by atoms with Crippen LogP contribution >= 0.6 is 21.6 Å². The lowest BCUT2D eigenvalue weighted by Crippen LogP contribution is -2.52. The van der Waals surface area contributed by atoms with E-state index in [1.54, 1.807) is 42.0 Å². The summed E-state index contributed by atoms with van der Waals surface area (Å²) in [7, 11) is 4.50. The van der Waals surface area contributed by atoms with Gasteiger partial charge in [-0.15, -0.1) is 0 Å². The zero-order chi connectivity index (χ0) is 44.1. The minimum absolute atomic E-state index is 0.00345. The molecule has 0 bridgehead atoms. The lowest BCUT2D eigenvalue weighted by molar-refractivity contribution is -0.141. The third-order valence-electron chi connectivity index (χ3n) is 12.0. The van der Waals surface area contributed by atoms with Crippen molar-refractivity contribution in [2.75, 3.05) is 27.3 Å². The number of amides is 2. The van der Waals surface area contributed by atoms with Crippen LogP contribution in [0.3, 0.4) is 0 Å². The Morgan fingerprint density at radius 1 is 0.803 bits per heavy atom. The predicted molar refractivity (Wildman–Crippen MR) is 253 cm³/mol. The van der Waals surface area contributed by atoms with Gasteiger partial charge in [0.1, 0.15) is 22.1 Å². The first-order valence-corrected chi connectivity index (χ1v) is 26.6. The van der Waals surface area contributed by atoms with E-state index in [0.29, 0.717) is 45.4 Å². The van der Waals surface area contributed by atoms with Crippen molar-refractivity contribution in [3.63, 3.8) is 0 Å². The van der Waals surface area contributed by atoms with Crippen molar-refractivity contribution in [1.29, 1.82) is 0 Å². The van der Waals surface area contributed by atoms with Crippen molar-refractivity contribution in [2.24, 2.45) is 0 Å². The molecule has 0 radical (unpaired) electrons. The lowest BCUT2D eigenvalue weighted by Gasteiger charge is -2.44. The summed E-state index contributed by atoms with van der Waals surface area (Å²) < 4.78 is 25.6. The Bertz CT molecular complexity index is 1910. The van der Waals surface area contributed by atoms with Crippen molar-refractivity contribution in [3.8, 4) is 11.5 Å². The summed E-state index contributed by atoms with van der Waals surface area (Å²) in [5.41, 5.74) is 1.82. The Labute approximate surface area is 374 Å². The quantitative estimate of drug-likeness (QED) is 0.0470. The molecule has 0 spiro atoms. The maximum absolute atomic E-state index is 14.7. The second-order valence-electron chi connectivity index (χ2n) is 18.0.